The fourth-order valence-electron chi connectivity index (χ4n) is 3.14. The van der Waals surface area contributed by atoms with Crippen LogP contribution in [0.1, 0.15) is 36.8 Å². The molecule has 3 heteroatoms. The summed E-state index contributed by atoms with van der Waals surface area (Å²) < 4.78 is 11.6. The van der Waals surface area contributed by atoms with Crippen LogP contribution < -0.4 is 14.8 Å². The average Bonchev–Trinajstić information content (AvgIpc) is 3.03. The van der Waals surface area contributed by atoms with E-state index in [2.05, 4.69) is 37.4 Å². The molecule has 1 aliphatic rings. The summed E-state index contributed by atoms with van der Waals surface area (Å²) in [6.45, 7) is 4.23. The molecule has 0 atom stereocenters. The van der Waals surface area contributed by atoms with Gasteiger partial charge in [-0.3, -0.25) is 0 Å². The Kier molecular flexibility index (Phi) is 4.75. The smallest absolute Gasteiger partial charge is 0.163 e. The topological polar surface area (TPSA) is 30.5 Å². The van der Waals surface area contributed by atoms with Gasteiger partial charge in [0.1, 0.15) is 0 Å². The van der Waals surface area contributed by atoms with Crippen molar-refractivity contribution in [1.82, 2.24) is 0 Å². The van der Waals surface area contributed by atoms with E-state index >= 15 is 0 Å². The first-order valence-electron chi connectivity index (χ1n) is 8.34. The number of hydrogen-bond acceptors (Lipinski definition) is 3. The standard InChI is InChI=1S/C20H25NO2/c1-14-8-10-18(15(2)12-14)21-16-9-11-19(22-3)20(13-16)23-17-6-4-5-7-17/h8-13,17,21H,4-7H2,1-3H3. The summed E-state index contributed by atoms with van der Waals surface area (Å²) in [6, 6.07) is 12.5. The quantitative estimate of drug-likeness (QED) is 0.804. The summed E-state index contributed by atoms with van der Waals surface area (Å²) in [4.78, 5) is 0. The number of methoxy groups -OCH3 is 1. The summed E-state index contributed by atoms with van der Waals surface area (Å²) in [6.07, 6.45) is 5.11. The first-order chi connectivity index (χ1) is 11.2. The molecule has 0 aliphatic heterocycles. The van der Waals surface area contributed by atoms with Crippen LogP contribution >= 0.6 is 0 Å². The molecule has 0 unspecified atom stereocenters. The number of ether oxygens (including phenoxy) is 2. The molecule has 0 radical (unpaired) electrons. The lowest BCUT2D eigenvalue weighted by atomic mass is 10.1. The largest absolute Gasteiger partial charge is 0.493 e. The third-order valence-corrected chi connectivity index (χ3v) is 4.42. The van der Waals surface area contributed by atoms with E-state index in [1.807, 2.05) is 18.2 Å². The number of nitrogens with one attached hydrogen (secondary N) is 1. The van der Waals surface area contributed by atoms with Gasteiger partial charge in [0.25, 0.3) is 0 Å². The van der Waals surface area contributed by atoms with E-state index in [0.29, 0.717) is 6.10 Å². The minimum atomic E-state index is 0.320. The van der Waals surface area contributed by atoms with Gasteiger partial charge in [0.2, 0.25) is 0 Å². The zero-order chi connectivity index (χ0) is 16.2. The highest BCUT2D eigenvalue weighted by atomic mass is 16.5. The van der Waals surface area contributed by atoms with E-state index in [-0.39, 0.29) is 0 Å². The van der Waals surface area contributed by atoms with Crippen molar-refractivity contribution in [3.8, 4) is 11.5 Å². The highest BCUT2D eigenvalue weighted by Crippen LogP contribution is 2.35. The van der Waals surface area contributed by atoms with Crippen LogP contribution in [0.4, 0.5) is 11.4 Å². The second-order valence-electron chi connectivity index (χ2n) is 6.33. The molecule has 1 fully saturated rings. The molecule has 0 spiro atoms. The molecule has 2 aromatic rings. The minimum absolute atomic E-state index is 0.320. The molecular formula is C20H25NO2. The van der Waals surface area contributed by atoms with Crippen molar-refractivity contribution in [3.63, 3.8) is 0 Å². The molecular weight excluding hydrogens is 286 g/mol. The Labute approximate surface area is 138 Å². The normalized spacial score (nSPS) is 14.7. The summed E-state index contributed by atoms with van der Waals surface area (Å²) in [7, 11) is 1.69. The Bertz CT molecular complexity index is 675. The summed E-state index contributed by atoms with van der Waals surface area (Å²) in [5, 5.41) is 3.48. The van der Waals surface area contributed by atoms with Crippen molar-refractivity contribution >= 4 is 11.4 Å². The van der Waals surface area contributed by atoms with Crippen molar-refractivity contribution in [3.05, 3.63) is 47.5 Å². The lowest BCUT2D eigenvalue weighted by molar-refractivity contribution is 0.201. The number of rotatable bonds is 5. The zero-order valence-electron chi connectivity index (χ0n) is 14.2. The monoisotopic (exact) mass is 311 g/mol. The zero-order valence-corrected chi connectivity index (χ0v) is 14.2. The minimum Gasteiger partial charge on any atom is -0.493 e. The van der Waals surface area contributed by atoms with E-state index in [4.69, 9.17) is 9.47 Å². The lowest BCUT2D eigenvalue weighted by Gasteiger charge is -2.18. The fraction of sp³-hybridized carbons (Fsp3) is 0.400. The summed E-state index contributed by atoms with van der Waals surface area (Å²) >= 11 is 0. The van der Waals surface area contributed by atoms with Gasteiger partial charge in [0, 0.05) is 17.4 Å². The molecule has 122 valence electrons. The van der Waals surface area contributed by atoms with Crippen LogP contribution in [0.3, 0.4) is 0 Å². The number of aryl methyl sites for hydroxylation is 2. The molecule has 2 aromatic carbocycles. The Morgan fingerprint density at radius 1 is 0.957 bits per heavy atom. The molecule has 0 bridgehead atoms. The van der Waals surface area contributed by atoms with E-state index in [1.165, 1.54) is 24.0 Å². The van der Waals surface area contributed by atoms with Gasteiger partial charge in [-0.1, -0.05) is 17.7 Å². The van der Waals surface area contributed by atoms with Crippen molar-refractivity contribution < 1.29 is 9.47 Å². The van der Waals surface area contributed by atoms with E-state index < -0.39 is 0 Å². The van der Waals surface area contributed by atoms with Gasteiger partial charge in [-0.2, -0.15) is 0 Å². The molecule has 3 nitrogen and oxygen atoms in total. The summed E-state index contributed by atoms with van der Waals surface area (Å²) in [5.41, 5.74) is 4.64. The third-order valence-electron chi connectivity index (χ3n) is 4.42. The maximum atomic E-state index is 6.16. The first-order valence-corrected chi connectivity index (χ1v) is 8.34. The first kappa shape index (κ1) is 15.7. The second kappa shape index (κ2) is 6.95. The molecule has 0 amide bonds. The number of anilines is 2. The molecule has 0 aromatic heterocycles. The third kappa shape index (κ3) is 3.79. The highest BCUT2D eigenvalue weighted by Gasteiger charge is 2.18. The second-order valence-corrected chi connectivity index (χ2v) is 6.33. The van der Waals surface area contributed by atoms with E-state index in [1.54, 1.807) is 7.11 Å². The Balaban J connectivity index is 1.81. The maximum Gasteiger partial charge on any atom is 0.163 e. The van der Waals surface area contributed by atoms with Crippen LogP contribution in [0.15, 0.2) is 36.4 Å². The van der Waals surface area contributed by atoms with Gasteiger partial charge in [-0.05, 0) is 63.3 Å². The highest BCUT2D eigenvalue weighted by molar-refractivity contribution is 5.66. The Morgan fingerprint density at radius 2 is 1.74 bits per heavy atom. The van der Waals surface area contributed by atoms with Crippen molar-refractivity contribution in [2.24, 2.45) is 0 Å². The van der Waals surface area contributed by atoms with Gasteiger partial charge in [-0.15, -0.1) is 0 Å². The lowest BCUT2D eigenvalue weighted by Crippen LogP contribution is -2.11. The Hall–Kier alpha value is -2.16. The van der Waals surface area contributed by atoms with Gasteiger partial charge in [0.05, 0.1) is 13.2 Å². The number of benzene rings is 2. The van der Waals surface area contributed by atoms with Crippen LogP contribution in [-0.2, 0) is 0 Å². The fourth-order valence-corrected chi connectivity index (χ4v) is 3.14. The molecule has 1 N–H and O–H groups in total. The molecule has 3 rings (SSSR count). The van der Waals surface area contributed by atoms with E-state index in [0.717, 1.165) is 35.7 Å². The maximum absolute atomic E-state index is 6.16. The van der Waals surface area contributed by atoms with Crippen LogP contribution in [0.5, 0.6) is 11.5 Å². The predicted molar refractivity (Wildman–Crippen MR) is 95.1 cm³/mol. The average molecular weight is 311 g/mol. The van der Waals surface area contributed by atoms with Crippen LogP contribution in [0, 0.1) is 13.8 Å². The SMILES string of the molecule is COc1ccc(Nc2ccc(C)cc2C)cc1OC1CCCC1. The molecule has 0 heterocycles. The van der Waals surface area contributed by atoms with E-state index in [9.17, 15) is 0 Å². The van der Waals surface area contributed by atoms with Crippen molar-refractivity contribution in [1.29, 1.82) is 0 Å². The van der Waals surface area contributed by atoms with Gasteiger partial charge in [0.15, 0.2) is 11.5 Å². The van der Waals surface area contributed by atoms with Gasteiger partial charge >= 0.3 is 0 Å². The van der Waals surface area contributed by atoms with Gasteiger partial charge < -0.3 is 14.8 Å². The van der Waals surface area contributed by atoms with Crippen molar-refractivity contribution in [2.75, 3.05) is 12.4 Å². The molecule has 0 saturated heterocycles. The summed E-state index contributed by atoms with van der Waals surface area (Å²) in [5.74, 6) is 1.62. The van der Waals surface area contributed by atoms with Crippen molar-refractivity contribution in [2.45, 2.75) is 45.6 Å². The van der Waals surface area contributed by atoms with Gasteiger partial charge in [-0.25, -0.2) is 0 Å². The molecule has 23 heavy (non-hydrogen) atoms. The Morgan fingerprint density at radius 3 is 2.43 bits per heavy atom. The van der Waals surface area contributed by atoms with Crippen LogP contribution in [-0.4, -0.2) is 13.2 Å². The molecule has 1 aliphatic carbocycles. The molecule has 1 saturated carbocycles. The number of hydrogen-bond donors (Lipinski definition) is 1. The van der Waals surface area contributed by atoms with Crippen LogP contribution in [0.25, 0.3) is 0 Å². The van der Waals surface area contributed by atoms with Crippen LogP contribution in [0.2, 0.25) is 0 Å². The predicted octanol–water partition coefficient (Wildman–Crippen LogP) is 5.38.